The first-order valence-electron chi connectivity index (χ1n) is 6.16. The van der Waals surface area contributed by atoms with E-state index in [4.69, 9.17) is 10.5 Å². The Morgan fingerprint density at radius 2 is 2.06 bits per heavy atom. The largest absolute Gasteiger partial charge is 0.383 e. The summed E-state index contributed by atoms with van der Waals surface area (Å²) in [6.07, 6.45) is 3.48. The second kappa shape index (κ2) is 3.90. The van der Waals surface area contributed by atoms with E-state index in [1.165, 1.54) is 16.9 Å². The van der Waals surface area contributed by atoms with Crippen molar-refractivity contribution in [2.45, 2.75) is 38.7 Å². The van der Waals surface area contributed by atoms with Crippen molar-refractivity contribution in [2.24, 2.45) is 0 Å². The van der Waals surface area contributed by atoms with Gasteiger partial charge in [-0.3, -0.25) is 0 Å². The van der Waals surface area contributed by atoms with Crippen LogP contribution in [0.2, 0.25) is 0 Å². The standard InChI is InChI=1S/C13H17N3OS/c1-13(2,17-3)12-15-10(14)9-7-5-4-6-8(7)18-11(9)16-12/h4-6H2,1-3H3,(H2,14,15,16). The van der Waals surface area contributed by atoms with Crippen LogP contribution in [-0.2, 0) is 23.2 Å². The molecule has 2 N–H and O–H groups in total. The third kappa shape index (κ3) is 1.61. The Kier molecular flexibility index (Phi) is 2.57. The number of aromatic nitrogens is 2. The minimum Gasteiger partial charge on any atom is -0.383 e. The molecule has 0 aromatic carbocycles. The lowest BCUT2D eigenvalue weighted by atomic mass is 10.1. The first-order chi connectivity index (χ1) is 8.53. The molecule has 0 saturated heterocycles. The number of methoxy groups -OCH3 is 1. The average Bonchev–Trinajstić information content (AvgIpc) is 2.87. The van der Waals surface area contributed by atoms with Gasteiger partial charge in [-0.05, 0) is 38.7 Å². The number of rotatable bonds is 2. The highest BCUT2D eigenvalue weighted by Gasteiger charge is 2.27. The average molecular weight is 263 g/mol. The van der Waals surface area contributed by atoms with Crippen molar-refractivity contribution in [1.29, 1.82) is 0 Å². The highest BCUT2D eigenvalue weighted by atomic mass is 32.1. The van der Waals surface area contributed by atoms with Gasteiger partial charge in [0.15, 0.2) is 5.82 Å². The van der Waals surface area contributed by atoms with Gasteiger partial charge in [0.25, 0.3) is 0 Å². The monoisotopic (exact) mass is 263 g/mol. The Labute approximate surface area is 110 Å². The van der Waals surface area contributed by atoms with Gasteiger partial charge in [-0.15, -0.1) is 11.3 Å². The van der Waals surface area contributed by atoms with E-state index in [1.54, 1.807) is 18.4 Å². The van der Waals surface area contributed by atoms with Crippen molar-refractivity contribution in [2.75, 3.05) is 12.8 Å². The van der Waals surface area contributed by atoms with Crippen molar-refractivity contribution < 1.29 is 4.74 Å². The van der Waals surface area contributed by atoms with Crippen LogP contribution in [0.1, 0.15) is 36.5 Å². The molecule has 0 radical (unpaired) electrons. The number of thiophene rings is 1. The molecule has 4 nitrogen and oxygen atoms in total. The summed E-state index contributed by atoms with van der Waals surface area (Å²) in [5.74, 6) is 1.26. The quantitative estimate of drug-likeness (QED) is 0.904. The highest BCUT2D eigenvalue weighted by molar-refractivity contribution is 7.19. The summed E-state index contributed by atoms with van der Waals surface area (Å²) < 4.78 is 5.43. The maximum atomic E-state index is 6.13. The fourth-order valence-corrected chi connectivity index (χ4v) is 3.65. The van der Waals surface area contributed by atoms with E-state index in [0.717, 1.165) is 23.1 Å². The second-order valence-electron chi connectivity index (χ2n) is 5.18. The number of nitrogens with zero attached hydrogens (tertiary/aromatic N) is 2. The maximum absolute atomic E-state index is 6.13. The lowest BCUT2D eigenvalue weighted by Gasteiger charge is -2.21. The van der Waals surface area contributed by atoms with Crippen LogP contribution in [0.4, 0.5) is 5.82 Å². The Morgan fingerprint density at radius 1 is 1.28 bits per heavy atom. The molecule has 0 amide bonds. The molecule has 0 bridgehead atoms. The van der Waals surface area contributed by atoms with Crippen LogP contribution in [0.5, 0.6) is 0 Å². The number of anilines is 1. The molecule has 5 heteroatoms. The zero-order chi connectivity index (χ0) is 12.9. The van der Waals surface area contributed by atoms with Crippen LogP contribution in [0.15, 0.2) is 0 Å². The van der Waals surface area contributed by atoms with Gasteiger partial charge in [0.2, 0.25) is 0 Å². The molecule has 0 saturated carbocycles. The molecule has 0 spiro atoms. The smallest absolute Gasteiger partial charge is 0.163 e. The molecule has 96 valence electrons. The lowest BCUT2D eigenvalue weighted by molar-refractivity contribution is 0.0119. The van der Waals surface area contributed by atoms with E-state index in [1.807, 2.05) is 13.8 Å². The molecule has 0 fully saturated rings. The van der Waals surface area contributed by atoms with Crippen molar-refractivity contribution in [3.63, 3.8) is 0 Å². The minimum absolute atomic E-state index is 0.503. The van der Waals surface area contributed by atoms with Crippen LogP contribution in [-0.4, -0.2) is 17.1 Å². The molecule has 2 heterocycles. The number of hydrogen-bond donors (Lipinski definition) is 1. The second-order valence-corrected chi connectivity index (χ2v) is 6.27. The lowest BCUT2D eigenvalue weighted by Crippen LogP contribution is -2.23. The number of hydrogen-bond acceptors (Lipinski definition) is 5. The molecular formula is C13H17N3OS. The molecular weight excluding hydrogens is 246 g/mol. The maximum Gasteiger partial charge on any atom is 0.163 e. The molecule has 1 aliphatic carbocycles. The Morgan fingerprint density at radius 3 is 2.78 bits per heavy atom. The molecule has 0 atom stereocenters. The van der Waals surface area contributed by atoms with E-state index in [2.05, 4.69) is 9.97 Å². The fraction of sp³-hybridized carbons (Fsp3) is 0.538. The number of aryl methyl sites for hydroxylation is 2. The number of nitrogens with two attached hydrogens (primary N) is 1. The summed E-state index contributed by atoms with van der Waals surface area (Å²) in [5.41, 5.74) is 6.99. The highest BCUT2D eigenvalue weighted by Crippen LogP contribution is 2.39. The zero-order valence-corrected chi connectivity index (χ0v) is 11.7. The molecule has 18 heavy (non-hydrogen) atoms. The van der Waals surface area contributed by atoms with Crippen LogP contribution in [0.25, 0.3) is 10.2 Å². The van der Waals surface area contributed by atoms with Gasteiger partial charge in [0, 0.05) is 12.0 Å². The molecule has 2 aromatic heterocycles. The predicted octanol–water partition coefficient (Wildman–Crippen LogP) is 2.64. The SMILES string of the molecule is COC(C)(C)c1nc(N)c2c3c(sc2n1)CCC3. The summed E-state index contributed by atoms with van der Waals surface area (Å²) >= 11 is 1.75. The van der Waals surface area contributed by atoms with Gasteiger partial charge >= 0.3 is 0 Å². The Balaban J connectivity index is 2.24. The first-order valence-corrected chi connectivity index (χ1v) is 6.98. The third-order valence-corrected chi connectivity index (χ3v) is 4.83. The topological polar surface area (TPSA) is 61.0 Å². The van der Waals surface area contributed by atoms with E-state index >= 15 is 0 Å². The molecule has 3 rings (SSSR count). The third-order valence-electron chi connectivity index (χ3n) is 3.64. The van der Waals surface area contributed by atoms with Crippen molar-refractivity contribution in [3.05, 3.63) is 16.3 Å². The minimum atomic E-state index is -0.503. The van der Waals surface area contributed by atoms with Gasteiger partial charge < -0.3 is 10.5 Å². The van der Waals surface area contributed by atoms with Crippen LogP contribution in [0, 0.1) is 0 Å². The summed E-state index contributed by atoms with van der Waals surface area (Å²) in [4.78, 5) is 11.5. The number of fused-ring (bicyclic) bond motifs is 3. The molecule has 0 aliphatic heterocycles. The van der Waals surface area contributed by atoms with Crippen molar-refractivity contribution in [1.82, 2.24) is 9.97 Å². The summed E-state index contributed by atoms with van der Waals surface area (Å²) in [6.45, 7) is 3.91. The number of nitrogen functional groups attached to an aromatic ring is 1. The van der Waals surface area contributed by atoms with Crippen molar-refractivity contribution >= 4 is 27.4 Å². The van der Waals surface area contributed by atoms with Gasteiger partial charge in [-0.1, -0.05) is 0 Å². The van der Waals surface area contributed by atoms with E-state index < -0.39 is 5.60 Å². The van der Waals surface area contributed by atoms with Crippen LogP contribution in [0.3, 0.4) is 0 Å². The molecule has 2 aromatic rings. The van der Waals surface area contributed by atoms with E-state index in [9.17, 15) is 0 Å². The van der Waals surface area contributed by atoms with Gasteiger partial charge in [-0.2, -0.15) is 0 Å². The van der Waals surface area contributed by atoms with Gasteiger partial charge in [0.1, 0.15) is 16.2 Å². The summed E-state index contributed by atoms with van der Waals surface area (Å²) in [6, 6.07) is 0. The zero-order valence-electron chi connectivity index (χ0n) is 10.9. The molecule has 1 aliphatic rings. The Bertz CT molecular complexity index is 618. The van der Waals surface area contributed by atoms with E-state index in [-0.39, 0.29) is 0 Å². The van der Waals surface area contributed by atoms with E-state index in [0.29, 0.717) is 11.6 Å². The summed E-state index contributed by atoms with van der Waals surface area (Å²) in [5, 5.41) is 1.07. The van der Waals surface area contributed by atoms with Crippen LogP contribution >= 0.6 is 11.3 Å². The predicted molar refractivity (Wildman–Crippen MR) is 73.9 cm³/mol. The Hall–Kier alpha value is -1.20. The summed E-state index contributed by atoms with van der Waals surface area (Å²) in [7, 11) is 1.66. The van der Waals surface area contributed by atoms with Gasteiger partial charge in [-0.25, -0.2) is 9.97 Å². The number of ether oxygens (including phenoxy) is 1. The normalized spacial score (nSPS) is 15.3. The van der Waals surface area contributed by atoms with Crippen LogP contribution < -0.4 is 5.73 Å². The van der Waals surface area contributed by atoms with Crippen molar-refractivity contribution in [3.8, 4) is 0 Å². The fourth-order valence-electron chi connectivity index (χ4n) is 2.38. The molecule has 0 unspecified atom stereocenters. The van der Waals surface area contributed by atoms with Gasteiger partial charge in [0.05, 0.1) is 5.39 Å². The first kappa shape index (κ1) is 11.9.